The molecule has 1 unspecified atom stereocenters. The first-order valence-corrected chi connectivity index (χ1v) is 5.61. The van der Waals surface area contributed by atoms with Gasteiger partial charge in [-0.25, -0.2) is 4.79 Å². The zero-order valence-electron chi connectivity index (χ0n) is 9.88. The first-order valence-electron chi connectivity index (χ1n) is 5.61. The van der Waals surface area contributed by atoms with Crippen molar-refractivity contribution in [1.29, 1.82) is 0 Å². The SMILES string of the molecule is CCOC1OC(=O)C=C1NC(=O)c1ccccc1. The minimum Gasteiger partial charge on any atom is -0.426 e. The highest BCUT2D eigenvalue weighted by Gasteiger charge is 2.28. The van der Waals surface area contributed by atoms with E-state index in [2.05, 4.69) is 5.32 Å². The van der Waals surface area contributed by atoms with Crippen LogP contribution in [0, 0.1) is 0 Å². The van der Waals surface area contributed by atoms with Crippen LogP contribution in [0.4, 0.5) is 0 Å². The second kappa shape index (κ2) is 5.46. The quantitative estimate of drug-likeness (QED) is 0.812. The molecule has 1 aromatic carbocycles. The summed E-state index contributed by atoms with van der Waals surface area (Å²) in [7, 11) is 0. The van der Waals surface area contributed by atoms with Gasteiger partial charge in [-0.05, 0) is 19.1 Å². The van der Waals surface area contributed by atoms with Crippen LogP contribution in [-0.2, 0) is 14.3 Å². The highest BCUT2D eigenvalue weighted by molar-refractivity contribution is 5.96. The van der Waals surface area contributed by atoms with Gasteiger partial charge in [0.2, 0.25) is 6.29 Å². The topological polar surface area (TPSA) is 64.6 Å². The summed E-state index contributed by atoms with van der Waals surface area (Å²) < 4.78 is 10.1. The minimum atomic E-state index is -0.824. The first-order chi connectivity index (χ1) is 8.70. The number of carbonyl (C=O) groups excluding carboxylic acids is 2. The normalized spacial score (nSPS) is 18.2. The predicted molar refractivity (Wildman–Crippen MR) is 63.5 cm³/mol. The first kappa shape index (κ1) is 12.3. The molecule has 1 heterocycles. The summed E-state index contributed by atoms with van der Waals surface area (Å²) in [5, 5.41) is 2.61. The Kier molecular flexibility index (Phi) is 3.74. The summed E-state index contributed by atoms with van der Waals surface area (Å²) >= 11 is 0. The summed E-state index contributed by atoms with van der Waals surface area (Å²) in [5.74, 6) is -0.818. The van der Waals surface area contributed by atoms with Gasteiger partial charge >= 0.3 is 5.97 Å². The van der Waals surface area contributed by atoms with Crippen molar-refractivity contribution < 1.29 is 19.1 Å². The molecule has 1 aliphatic heterocycles. The molecule has 1 aliphatic rings. The molecule has 1 atom stereocenters. The molecule has 0 aromatic heterocycles. The van der Waals surface area contributed by atoms with Crippen LogP contribution >= 0.6 is 0 Å². The van der Waals surface area contributed by atoms with Crippen molar-refractivity contribution in [3.8, 4) is 0 Å². The number of benzene rings is 1. The van der Waals surface area contributed by atoms with Crippen molar-refractivity contribution in [2.45, 2.75) is 13.2 Å². The molecule has 0 bridgehead atoms. The fourth-order valence-electron chi connectivity index (χ4n) is 1.56. The predicted octanol–water partition coefficient (Wildman–Crippen LogP) is 1.22. The maximum Gasteiger partial charge on any atom is 0.335 e. The number of hydrogen-bond donors (Lipinski definition) is 1. The molecule has 18 heavy (non-hydrogen) atoms. The molecule has 1 N–H and O–H groups in total. The molecule has 94 valence electrons. The highest BCUT2D eigenvalue weighted by Crippen LogP contribution is 2.15. The van der Waals surface area contributed by atoms with E-state index < -0.39 is 12.3 Å². The van der Waals surface area contributed by atoms with E-state index >= 15 is 0 Å². The van der Waals surface area contributed by atoms with Crippen molar-refractivity contribution >= 4 is 11.9 Å². The average molecular weight is 247 g/mol. The Morgan fingerprint density at radius 3 is 2.78 bits per heavy atom. The summed E-state index contributed by atoms with van der Waals surface area (Å²) in [6.07, 6.45) is 0.399. The molecule has 0 spiro atoms. The van der Waals surface area contributed by atoms with Gasteiger partial charge in [0, 0.05) is 18.2 Å². The van der Waals surface area contributed by atoms with Gasteiger partial charge in [0.15, 0.2) is 0 Å². The Labute approximate surface area is 104 Å². The van der Waals surface area contributed by atoms with Crippen LogP contribution in [-0.4, -0.2) is 24.8 Å². The number of rotatable bonds is 4. The van der Waals surface area contributed by atoms with E-state index in [0.717, 1.165) is 0 Å². The van der Waals surface area contributed by atoms with Gasteiger partial charge in [0.05, 0.1) is 5.70 Å². The van der Waals surface area contributed by atoms with Gasteiger partial charge in [-0.3, -0.25) is 4.79 Å². The van der Waals surface area contributed by atoms with Crippen LogP contribution in [0.2, 0.25) is 0 Å². The summed E-state index contributed by atoms with van der Waals surface area (Å²) in [6, 6.07) is 8.72. The van der Waals surface area contributed by atoms with Crippen molar-refractivity contribution in [2.24, 2.45) is 0 Å². The monoisotopic (exact) mass is 247 g/mol. The number of ether oxygens (including phenoxy) is 2. The third-order valence-electron chi connectivity index (χ3n) is 2.36. The van der Waals surface area contributed by atoms with Crippen molar-refractivity contribution in [3.05, 3.63) is 47.7 Å². The molecule has 2 rings (SSSR count). The maximum absolute atomic E-state index is 11.9. The van der Waals surface area contributed by atoms with E-state index in [0.29, 0.717) is 17.9 Å². The number of esters is 1. The van der Waals surface area contributed by atoms with Crippen LogP contribution in [0.25, 0.3) is 0 Å². The molecule has 0 fully saturated rings. The van der Waals surface area contributed by atoms with E-state index in [-0.39, 0.29) is 5.91 Å². The van der Waals surface area contributed by atoms with Gasteiger partial charge in [-0.15, -0.1) is 0 Å². The van der Waals surface area contributed by atoms with Gasteiger partial charge in [-0.1, -0.05) is 18.2 Å². The zero-order chi connectivity index (χ0) is 13.0. The molecular weight excluding hydrogens is 234 g/mol. The van der Waals surface area contributed by atoms with Crippen LogP contribution in [0.15, 0.2) is 42.1 Å². The molecule has 5 nitrogen and oxygen atoms in total. The Morgan fingerprint density at radius 1 is 1.39 bits per heavy atom. The van der Waals surface area contributed by atoms with Crippen molar-refractivity contribution in [1.82, 2.24) is 5.32 Å². The molecule has 0 saturated heterocycles. The molecular formula is C13H13NO4. The van der Waals surface area contributed by atoms with Crippen LogP contribution in [0.5, 0.6) is 0 Å². The largest absolute Gasteiger partial charge is 0.426 e. The van der Waals surface area contributed by atoms with Crippen LogP contribution in [0.3, 0.4) is 0 Å². The van der Waals surface area contributed by atoms with Crippen molar-refractivity contribution in [2.75, 3.05) is 6.61 Å². The number of nitrogens with one attached hydrogen (secondary N) is 1. The van der Waals surface area contributed by atoms with E-state index in [1.165, 1.54) is 6.08 Å². The Balaban J connectivity index is 2.07. The third-order valence-corrected chi connectivity index (χ3v) is 2.36. The Morgan fingerprint density at radius 2 is 2.11 bits per heavy atom. The average Bonchev–Trinajstić information content (AvgIpc) is 2.71. The van der Waals surface area contributed by atoms with Gasteiger partial charge in [-0.2, -0.15) is 0 Å². The van der Waals surface area contributed by atoms with Crippen molar-refractivity contribution in [3.63, 3.8) is 0 Å². The fraction of sp³-hybridized carbons (Fsp3) is 0.231. The number of amides is 1. The van der Waals surface area contributed by atoms with Gasteiger partial charge in [0.1, 0.15) is 0 Å². The smallest absolute Gasteiger partial charge is 0.335 e. The van der Waals surface area contributed by atoms with Crippen LogP contribution in [0.1, 0.15) is 17.3 Å². The number of carbonyl (C=O) groups is 2. The lowest BCUT2D eigenvalue weighted by Crippen LogP contribution is -2.30. The second-order valence-corrected chi connectivity index (χ2v) is 3.64. The Hall–Kier alpha value is -2.14. The fourth-order valence-corrected chi connectivity index (χ4v) is 1.56. The maximum atomic E-state index is 11.9. The third kappa shape index (κ3) is 2.75. The summed E-state index contributed by atoms with van der Waals surface area (Å²) in [6.45, 7) is 2.17. The summed E-state index contributed by atoms with van der Waals surface area (Å²) in [5.41, 5.74) is 0.837. The van der Waals surface area contributed by atoms with Crippen LogP contribution < -0.4 is 5.32 Å². The van der Waals surface area contributed by atoms with Gasteiger partial charge in [0.25, 0.3) is 5.91 Å². The Bertz CT molecular complexity index is 481. The molecule has 1 amide bonds. The van der Waals surface area contributed by atoms with E-state index in [9.17, 15) is 9.59 Å². The minimum absolute atomic E-state index is 0.301. The summed E-state index contributed by atoms with van der Waals surface area (Å²) in [4.78, 5) is 23.0. The number of cyclic esters (lactones) is 1. The van der Waals surface area contributed by atoms with E-state index in [4.69, 9.17) is 9.47 Å². The zero-order valence-corrected chi connectivity index (χ0v) is 9.88. The highest BCUT2D eigenvalue weighted by atomic mass is 16.7. The van der Waals surface area contributed by atoms with Gasteiger partial charge < -0.3 is 14.8 Å². The lowest BCUT2D eigenvalue weighted by atomic mass is 10.2. The van der Waals surface area contributed by atoms with E-state index in [1.54, 1.807) is 31.2 Å². The molecule has 5 heteroatoms. The molecule has 0 aliphatic carbocycles. The lowest BCUT2D eigenvalue weighted by Gasteiger charge is -2.14. The molecule has 1 aromatic rings. The molecule has 0 saturated carbocycles. The molecule has 0 radical (unpaired) electrons. The van der Waals surface area contributed by atoms with E-state index in [1.807, 2.05) is 6.07 Å². The lowest BCUT2D eigenvalue weighted by molar-refractivity contribution is -0.158. The number of hydrogen-bond acceptors (Lipinski definition) is 4. The second-order valence-electron chi connectivity index (χ2n) is 3.64. The standard InChI is InChI=1S/C13H13NO4/c1-2-17-13-10(8-11(15)18-13)14-12(16)9-6-4-3-5-7-9/h3-8,13H,2H2,1H3,(H,14,16).